The number of aromatic nitrogens is 1. The molecule has 0 bridgehead atoms. The van der Waals surface area contributed by atoms with Crippen LogP contribution < -0.4 is 5.32 Å². The smallest absolute Gasteiger partial charge is 0.215 e. The van der Waals surface area contributed by atoms with Crippen molar-refractivity contribution in [2.75, 3.05) is 12.8 Å². The average Bonchev–Trinajstić information content (AvgIpc) is 2.94. The van der Waals surface area contributed by atoms with Crippen LogP contribution in [0.1, 0.15) is 24.3 Å². The van der Waals surface area contributed by atoms with Gasteiger partial charge in [-0.3, -0.25) is 9.78 Å². The van der Waals surface area contributed by atoms with Gasteiger partial charge in [0.15, 0.2) is 6.10 Å². The first-order chi connectivity index (χ1) is 12.0. The van der Waals surface area contributed by atoms with Crippen molar-refractivity contribution in [3.05, 3.63) is 63.7 Å². The molecule has 1 unspecified atom stereocenters. The minimum Gasteiger partial charge on any atom is -0.462 e. The molecule has 0 radical (unpaired) electrons. The summed E-state index contributed by atoms with van der Waals surface area (Å²) in [4.78, 5) is 18.4. The number of carbonyl (C=O) groups is 1. The first-order valence-corrected chi connectivity index (χ1v) is 9.46. The lowest BCUT2D eigenvalue weighted by atomic mass is 10.00. The quantitative estimate of drug-likeness (QED) is 0.742. The van der Waals surface area contributed by atoms with E-state index in [4.69, 9.17) is 27.9 Å². The number of pyridine rings is 1. The highest BCUT2D eigenvalue weighted by Crippen LogP contribution is 2.38. The molecule has 4 nitrogen and oxygen atoms in total. The van der Waals surface area contributed by atoms with Crippen LogP contribution in [0.25, 0.3) is 5.57 Å². The molecule has 1 N–H and O–H groups in total. The van der Waals surface area contributed by atoms with Gasteiger partial charge in [-0.15, -0.1) is 11.8 Å². The zero-order valence-corrected chi connectivity index (χ0v) is 16.0. The number of thioether (sulfide) groups is 1. The molecule has 1 aliphatic rings. The summed E-state index contributed by atoms with van der Waals surface area (Å²) in [5, 5.41) is 3.77. The van der Waals surface area contributed by atoms with Crippen LogP contribution in [0.15, 0.2) is 47.3 Å². The van der Waals surface area contributed by atoms with E-state index in [1.807, 2.05) is 12.1 Å². The number of halogens is 2. The number of hydrogen-bond donors (Lipinski definition) is 1. The van der Waals surface area contributed by atoms with Gasteiger partial charge in [0.2, 0.25) is 11.7 Å². The Kier molecular flexibility index (Phi) is 5.57. The molecular formula is C18H16Cl2N2O2S. The van der Waals surface area contributed by atoms with Crippen molar-refractivity contribution in [3.8, 4) is 0 Å². The molecule has 0 aliphatic carbocycles. The second-order valence-corrected chi connectivity index (χ2v) is 7.45. The van der Waals surface area contributed by atoms with Crippen molar-refractivity contribution in [1.29, 1.82) is 0 Å². The maximum absolute atomic E-state index is 13.0. The Bertz CT molecular complexity index is 855. The van der Waals surface area contributed by atoms with Gasteiger partial charge in [-0.25, -0.2) is 0 Å². The van der Waals surface area contributed by atoms with Crippen molar-refractivity contribution in [3.63, 3.8) is 0 Å². The molecule has 1 aromatic heterocycles. The Morgan fingerprint density at radius 2 is 2.04 bits per heavy atom. The lowest BCUT2D eigenvalue weighted by Crippen LogP contribution is -2.10. The second kappa shape index (κ2) is 7.68. The second-order valence-electron chi connectivity index (χ2n) is 5.30. The molecule has 3 rings (SSSR count). The molecule has 0 amide bonds. The summed E-state index contributed by atoms with van der Waals surface area (Å²) in [5.74, 6) is 1.19. The van der Waals surface area contributed by atoms with E-state index in [9.17, 15) is 4.79 Å². The van der Waals surface area contributed by atoms with Crippen LogP contribution in [0.5, 0.6) is 0 Å². The van der Waals surface area contributed by atoms with Crippen LogP contribution >= 0.6 is 35.0 Å². The van der Waals surface area contributed by atoms with Crippen molar-refractivity contribution in [2.24, 2.45) is 0 Å². The van der Waals surface area contributed by atoms with E-state index in [0.717, 1.165) is 10.6 Å². The van der Waals surface area contributed by atoms with Gasteiger partial charge in [0.05, 0.1) is 15.7 Å². The van der Waals surface area contributed by atoms with Crippen molar-refractivity contribution in [1.82, 2.24) is 10.3 Å². The highest BCUT2D eigenvalue weighted by Gasteiger charge is 2.37. The SMILES string of the molecule is CCSc1ccnc(C2=C(NC)OC(c3ccc(Cl)c(Cl)c3)C2=O)c1. The van der Waals surface area contributed by atoms with E-state index >= 15 is 0 Å². The fourth-order valence-electron chi connectivity index (χ4n) is 2.60. The summed E-state index contributed by atoms with van der Waals surface area (Å²) < 4.78 is 5.84. The Hall–Kier alpha value is -1.69. The van der Waals surface area contributed by atoms with E-state index in [1.54, 1.807) is 43.2 Å². The number of carbonyl (C=O) groups excluding carboxylic acids is 1. The van der Waals surface area contributed by atoms with Crippen LogP contribution in [0.2, 0.25) is 10.0 Å². The predicted octanol–water partition coefficient (Wildman–Crippen LogP) is 4.73. The number of ketones is 1. The zero-order valence-electron chi connectivity index (χ0n) is 13.7. The Labute approximate surface area is 160 Å². The van der Waals surface area contributed by atoms with Gasteiger partial charge in [0.25, 0.3) is 0 Å². The summed E-state index contributed by atoms with van der Waals surface area (Å²) in [7, 11) is 1.71. The summed E-state index contributed by atoms with van der Waals surface area (Å²) in [6.45, 7) is 2.08. The number of hydrogen-bond acceptors (Lipinski definition) is 5. The fourth-order valence-corrected chi connectivity index (χ4v) is 3.59. The largest absolute Gasteiger partial charge is 0.462 e. The van der Waals surface area contributed by atoms with E-state index in [1.165, 1.54) is 0 Å². The molecule has 1 aromatic carbocycles. The number of Topliss-reactive ketones (excluding diaryl/α,β-unsaturated/α-hetero) is 1. The summed E-state index contributed by atoms with van der Waals surface area (Å²) in [5.41, 5.74) is 1.69. The molecule has 25 heavy (non-hydrogen) atoms. The van der Waals surface area contributed by atoms with E-state index in [-0.39, 0.29) is 5.78 Å². The molecule has 130 valence electrons. The van der Waals surface area contributed by atoms with Gasteiger partial charge in [-0.05, 0) is 30.0 Å². The maximum Gasteiger partial charge on any atom is 0.215 e. The zero-order chi connectivity index (χ0) is 18.0. The minimum absolute atomic E-state index is 0.158. The number of nitrogens with zero attached hydrogens (tertiary/aromatic N) is 1. The average molecular weight is 395 g/mol. The fraction of sp³-hybridized carbons (Fsp3) is 0.222. The topological polar surface area (TPSA) is 51.2 Å². The van der Waals surface area contributed by atoms with Gasteiger partial charge in [0, 0.05) is 23.7 Å². The van der Waals surface area contributed by atoms with Crippen molar-refractivity contribution in [2.45, 2.75) is 17.9 Å². The standard InChI is InChI=1S/C18H16Cl2N2O2S/c1-3-25-11-6-7-22-14(9-11)15-16(23)17(24-18(15)21-2)10-4-5-12(19)13(20)8-10/h4-9,17,21H,3H2,1-2H3. The lowest BCUT2D eigenvalue weighted by molar-refractivity contribution is -0.120. The molecule has 0 saturated carbocycles. The number of ether oxygens (including phenoxy) is 1. The molecule has 1 aliphatic heterocycles. The van der Waals surface area contributed by atoms with Gasteiger partial charge in [-0.1, -0.05) is 36.2 Å². The highest BCUT2D eigenvalue weighted by atomic mass is 35.5. The predicted molar refractivity (Wildman–Crippen MR) is 102 cm³/mol. The van der Waals surface area contributed by atoms with Crippen LogP contribution in [-0.4, -0.2) is 23.6 Å². The molecule has 1 atom stereocenters. The minimum atomic E-state index is -0.767. The van der Waals surface area contributed by atoms with Crippen molar-refractivity contribution >= 4 is 46.3 Å². The number of rotatable bonds is 5. The van der Waals surface area contributed by atoms with Crippen molar-refractivity contribution < 1.29 is 9.53 Å². The van der Waals surface area contributed by atoms with E-state index < -0.39 is 6.10 Å². The summed E-state index contributed by atoms with van der Waals surface area (Å²) in [6, 6.07) is 8.88. The normalized spacial score (nSPS) is 17.0. The molecule has 2 aromatic rings. The summed E-state index contributed by atoms with van der Waals surface area (Å²) in [6.07, 6.45) is 0.935. The Morgan fingerprint density at radius 1 is 1.24 bits per heavy atom. The number of benzene rings is 1. The van der Waals surface area contributed by atoms with Gasteiger partial charge in [-0.2, -0.15) is 0 Å². The first-order valence-electron chi connectivity index (χ1n) is 7.72. The third-order valence-corrected chi connectivity index (χ3v) is 5.33. The molecular weight excluding hydrogens is 379 g/mol. The molecule has 7 heteroatoms. The monoisotopic (exact) mass is 394 g/mol. The van der Waals surface area contributed by atoms with E-state index in [2.05, 4.69) is 17.2 Å². The summed E-state index contributed by atoms with van der Waals surface area (Å²) >= 11 is 13.7. The Morgan fingerprint density at radius 3 is 2.72 bits per heavy atom. The molecule has 0 fully saturated rings. The third-order valence-electron chi connectivity index (χ3n) is 3.72. The molecule has 0 saturated heterocycles. The number of nitrogens with one attached hydrogen (secondary N) is 1. The molecule has 2 heterocycles. The van der Waals surface area contributed by atoms with Gasteiger partial charge < -0.3 is 10.1 Å². The molecule has 0 spiro atoms. The van der Waals surface area contributed by atoms with Gasteiger partial charge in [0.1, 0.15) is 5.57 Å². The first kappa shape index (κ1) is 18.1. The van der Waals surface area contributed by atoms with Crippen LogP contribution in [0.3, 0.4) is 0 Å². The lowest BCUT2D eigenvalue weighted by Gasteiger charge is -2.12. The third kappa shape index (κ3) is 3.64. The highest BCUT2D eigenvalue weighted by molar-refractivity contribution is 7.99. The van der Waals surface area contributed by atoms with Crippen LogP contribution in [0.4, 0.5) is 0 Å². The van der Waals surface area contributed by atoms with E-state index in [0.29, 0.717) is 32.8 Å². The maximum atomic E-state index is 13.0. The Balaban J connectivity index is 1.97. The van der Waals surface area contributed by atoms with Crippen LogP contribution in [-0.2, 0) is 9.53 Å². The van der Waals surface area contributed by atoms with Gasteiger partial charge >= 0.3 is 0 Å². The van der Waals surface area contributed by atoms with Crippen LogP contribution in [0, 0.1) is 0 Å².